The summed E-state index contributed by atoms with van der Waals surface area (Å²) in [6.45, 7) is 8.86. The van der Waals surface area contributed by atoms with Gasteiger partial charge >= 0.3 is 0 Å². The summed E-state index contributed by atoms with van der Waals surface area (Å²) in [5.74, 6) is 1.55. The molecule has 166 valence electrons. The summed E-state index contributed by atoms with van der Waals surface area (Å²) in [5, 5.41) is 6.87. The number of hydrogen-bond acceptors (Lipinski definition) is 9. The molecular weight excluding hydrogens is 426 g/mol. The minimum absolute atomic E-state index is 0.172. The van der Waals surface area contributed by atoms with E-state index < -0.39 is 0 Å². The molecule has 6 rings (SSSR count). The van der Waals surface area contributed by atoms with Crippen LogP contribution in [0.4, 0.5) is 22.3 Å². The number of aromatic nitrogens is 3. The van der Waals surface area contributed by atoms with Gasteiger partial charge in [-0.25, -0.2) is 9.97 Å². The number of carbonyl (C=O) groups excluding carboxylic acids is 1. The zero-order valence-electron chi connectivity index (χ0n) is 18.1. The largest absolute Gasteiger partial charge is 0.476 e. The smallest absolute Gasteiger partial charge is 0.267 e. The van der Waals surface area contributed by atoms with Crippen molar-refractivity contribution in [3.63, 3.8) is 0 Å². The second-order valence-electron chi connectivity index (χ2n) is 7.89. The van der Waals surface area contributed by atoms with Gasteiger partial charge in [0, 0.05) is 38.8 Å². The van der Waals surface area contributed by atoms with Crippen LogP contribution in [-0.4, -0.2) is 65.1 Å². The van der Waals surface area contributed by atoms with Crippen LogP contribution in [0.15, 0.2) is 30.5 Å². The van der Waals surface area contributed by atoms with Gasteiger partial charge in [-0.3, -0.25) is 9.69 Å². The van der Waals surface area contributed by atoms with Gasteiger partial charge in [0.25, 0.3) is 5.91 Å². The molecule has 6 bridgehead atoms. The number of piperazine rings is 1. The van der Waals surface area contributed by atoms with Crippen molar-refractivity contribution in [2.75, 3.05) is 54.9 Å². The van der Waals surface area contributed by atoms with Crippen LogP contribution in [0.5, 0.6) is 5.88 Å². The number of hydrogen-bond donors (Lipinski definition) is 2. The Morgan fingerprint density at radius 2 is 1.91 bits per heavy atom. The Bertz CT molecular complexity index is 1140. The SMILES string of the molecule is Cc1nc2cc(n1)OCCN1CCN(CC1)c1cccc(C)c1NC(=O)c1cnc(s1)N2. The molecule has 1 saturated heterocycles. The van der Waals surface area contributed by atoms with Crippen LogP contribution in [0.2, 0.25) is 0 Å². The Morgan fingerprint density at radius 3 is 2.75 bits per heavy atom. The predicted octanol–water partition coefficient (Wildman–Crippen LogP) is 3.06. The molecule has 2 aromatic heterocycles. The van der Waals surface area contributed by atoms with Crippen molar-refractivity contribution in [3.05, 3.63) is 46.7 Å². The number of nitrogens with zero attached hydrogens (tertiary/aromatic N) is 5. The Labute approximate surface area is 190 Å². The molecule has 0 unspecified atom stereocenters. The minimum Gasteiger partial charge on any atom is -0.476 e. The van der Waals surface area contributed by atoms with E-state index in [0.29, 0.717) is 34.1 Å². The second kappa shape index (κ2) is 8.71. The lowest BCUT2D eigenvalue weighted by molar-refractivity contribution is 0.103. The quantitative estimate of drug-likeness (QED) is 0.539. The first-order chi connectivity index (χ1) is 15.5. The summed E-state index contributed by atoms with van der Waals surface area (Å²) in [7, 11) is 0. The van der Waals surface area contributed by atoms with Gasteiger partial charge in [0.15, 0.2) is 5.13 Å². The van der Waals surface area contributed by atoms with Crippen LogP contribution in [0, 0.1) is 13.8 Å². The highest BCUT2D eigenvalue weighted by molar-refractivity contribution is 7.17. The molecule has 5 heterocycles. The average Bonchev–Trinajstić information content (AvgIpc) is 3.23. The van der Waals surface area contributed by atoms with Gasteiger partial charge in [-0.1, -0.05) is 23.5 Å². The molecule has 1 amide bonds. The lowest BCUT2D eigenvalue weighted by Crippen LogP contribution is -2.47. The summed E-state index contributed by atoms with van der Waals surface area (Å²) < 4.78 is 5.92. The number of ether oxygens (including phenoxy) is 1. The maximum Gasteiger partial charge on any atom is 0.267 e. The molecule has 0 radical (unpaired) electrons. The number of benzene rings is 1. The van der Waals surface area contributed by atoms with E-state index >= 15 is 0 Å². The van der Waals surface area contributed by atoms with Gasteiger partial charge in [-0.05, 0) is 25.5 Å². The molecule has 1 aromatic carbocycles. The summed E-state index contributed by atoms with van der Waals surface area (Å²) in [6, 6.07) is 7.89. The normalized spacial score (nSPS) is 16.9. The second-order valence-corrected chi connectivity index (χ2v) is 8.92. The van der Waals surface area contributed by atoms with Crippen LogP contribution < -0.4 is 20.3 Å². The average molecular weight is 452 g/mol. The third kappa shape index (κ3) is 4.37. The standard InChI is InChI=1S/C22H25N7O2S/c1-14-4-3-5-16-20(14)27-21(30)17-13-23-22(32-17)26-18-12-19(25-15(2)24-18)31-11-10-28-6-8-29(16)9-7-28/h3-5,12-13H,6-11H2,1-2H3,(H,27,30)(H,23,24,25,26). The maximum atomic E-state index is 13.0. The fourth-order valence-corrected chi connectivity index (χ4v) is 4.69. The highest BCUT2D eigenvalue weighted by Crippen LogP contribution is 2.32. The van der Waals surface area contributed by atoms with E-state index in [1.807, 2.05) is 26.0 Å². The van der Waals surface area contributed by atoms with E-state index in [9.17, 15) is 4.79 Å². The Hall–Kier alpha value is -3.24. The highest BCUT2D eigenvalue weighted by atomic mass is 32.1. The number of nitrogens with one attached hydrogen (secondary N) is 2. The Balaban J connectivity index is 1.49. The summed E-state index contributed by atoms with van der Waals surface area (Å²) in [6.07, 6.45) is 1.58. The molecule has 3 aliphatic rings. The molecule has 10 heteroatoms. The van der Waals surface area contributed by atoms with Crippen molar-refractivity contribution in [2.24, 2.45) is 0 Å². The van der Waals surface area contributed by atoms with Crippen molar-refractivity contribution in [3.8, 4) is 5.88 Å². The fraction of sp³-hybridized carbons (Fsp3) is 0.364. The number of aryl methyl sites for hydroxylation is 2. The molecule has 1 fully saturated rings. The zero-order chi connectivity index (χ0) is 22.1. The number of fused-ring (bicyclic) bond motifs is 5. The van der Waals surface area contributed by atoms with Crippen molar-refractivity contribution in [2.45, 2.75) is 13.8 Å². The van der Waals surface area contributed by atoms with Gasteiger partial charge in [0.1, 0.15) is 23.1 Å². The summed E-state index contributed by atoms with van der Waals surface area (Å²) >= 11 is 1.28. The first-order valence-electron chi connectivity index (χ1n) is 10.6. The maximum absolute atomic E-state index is 13.0. The first-order valence-corrected chi connectivity index (χ1v) is 11.5. The number of thiazole rings is 1. The van der Waals surface area contributed by atoms with E-state index in [1.165, 1.54) is 11.3 Å². The van der Waals surface area contributed by atoms with E-state index in [-0.39, 0.29) is 5.91 Å². The molecule has 3 aliphatic heterocycles. The van der Waals surface area contributed by atoms with Gasteiger partial charge in [-0.2, -0.15) is 4.98 Å². The summed E-state index contributed by atoms with van der Waals surface area (Å²) in [5.41, 5.74) is 2.94. The molecule has 9 nitrogen and oxygen atoms in total. The monoisotopic (exact) mass is 451 g/mol. The molecule has 0 spiro atoms. The molecule has 2 N–H and O–H groups in total. The van der Waals surface area contributed by atoms with Gasteiger partial charge < -0.3 is 20.3 Å². The third-order valence-electron chi connectivity index (χ3n) is 5.64. The van der Waals surface area contributed by atoms with Crippen molar-refractivity contribution in [1.29, 1.82) is 0 Å². The van der Waals surface area contributed by atoms with Gasteiger partial charge in [0.2, 0.25) is 5.88 Å². The van der Waals surface area contributed by atoms with Gasteiger partial charge in [0.05, 0.1) is 17.6 Å². The van der Waals surface area contributed by atoms with Crippen LogP contribution in [0.1, 0.15) is 21.1 Å². The number of amides is 1. The number of carbonyl (C=O) groups is 1. The van der Waals surface area contributed by atoms with E-state index in [0.717, 1.165) is 49.7 Å². The number of anilines is 4. The predicted molar refractivity (Wildman–Crippen MR) is 125 cm³/mol. The third-order valence-corrected chi connectivity index (χ3v) is 6.55. The molecule has 32 heavy (non-hydrogen) atoms. The van der Waals surface area contributed by atoms with Gasteiger partial charge in [-0.15, -0.1) is 0 Å². The highest BCUT2D eigenvalue weighted by Gasteiger charge is 2.22. The van der Waals surface area contributed by atoms with Crippen LogP contribution >= 0.6 is 11.3 Å². The molecule has 0 saturated carbocycles. The van der Waals surface area contributed by atoms with Crippen molar-refractivity contribution < 1.29 is 9.53 Å². The van der Waals surface area contributed by atoms with Crippen LogP contribution in [-0.2, 0) is 0 Å². The van der Waals surface area contributed by atoms with Crippen molar-refractivity contribution >= 4 is 39.6 Å². The van der Waals surface area contributed by atoms with Crippen molar-refractivity contribution in [1.82, 2.24) is 19.9 Å². The van der Waals surface area contributed by atoms with Crippen LogP contribution in [0.25, 0.3) is 0 Å². The molecular formula is C22H25N7O2S. The minimum atomic E-state index is -0.172. The molecule has 3 aromatic rings. The van der Waals surface area contributed by atoms with E-state index in [4.69, 9.17) is 4.74 Å². The fourth-order valence-electron chi connectivity index (χ4n) is 3.97. The lowest BCUT2D eigenvalue weighted by atomic mass is 10.1. The van der Waals surface area contributed by atoms with Crippen LogP contribution in [0.3, 0.4) is 0 Å². The number of para-hydroxylation sites is 1. The molecule has 0 aliphatic carbocycles. The van der Waals surface area contributed by atoms with E-state index in [2.05, 4.69) is 41.5 Å². The Morgan fingerprint density at radius 1 is 1.06 bits per heavy atom. The zero-order valence-corrected chi connectivity index (χ0v) is 18.9. The topological polar surface area (TPSA) is 95.5 Å². The summed E-state index contributed by atoms with van der Waals surface area (Å²) in [4.78, 5) is 31.4. The molecule has 0 atom stereocenters. The van der Waals surface area contributed by atoms with E-state index in [1.54, 1.807) is 12.3 Å². The lowest BCUT2D eigenvalue weighted by Gasteiger charge is -2.37. The number of rotatable bonds is 0. The first kappa shape index (κ1) is 20.7. The Kier molecular flexibility index (Phi) is 5.62.